The third-order valence-corrected chi connectivity index (χ3v) is 5.83. The van der Waals surface area contributed by atoms with Gasteiger partial charge in [0, 0.05) is 11.1 Å². The Morgan fingerprint density at radius 3 is 2.13 bits per heavy atom. The molecule has 0 saturated heterocycles. The van der Waals surface area contributed by atoms with E-state index in [1.54, 1.807) is 42.5 Å². The first kappa shape index (κ1) is 21.0. The predicted octanol–water partition coefficient (Wildman–Crippen LogP) is 4.52. The molecule has 1 amide bonds. The molecule has 0 radical (unpaired) electrons. The SMILES string of the molecule is C=C(C)C(=O)N(c1ccc(F)cc1C#Cc1ccccc1)S(=O)(=O)c1ccccc1. The zero-order valence-corrected chi connectivity index (χ0v) is 17.0. The fourth-order valence-electron chi connectivity index (χ4n) is 2.67. The van der Waals surface area contributed by atoms with Gasteiger partial charge in [-0.05, 0) is 49.4 Å². The zero-order valence-electron chi connectivity index (χ0n) is 16.2. The van der Waals surface area contributed by atoms with E-state index in [0.29, 0.717) is 9.87 Å². The van der Waals surface area contributed by atoms with Crippen LogP contribution in [0.3, 0.4) is 0 Å². The van der Waals surface area contributed by atoms with Crippen LogP contribution in [0.5, 0.6) is 0 Å². The van der Waals surface area contributed by atoms with E-state index < -0.39 is 21.7 Å². The summed E-state index contributed by atoms with van der Waals surface area (Å²) in [5, 5.41) is 0. The molecule has 3 rings (SSSR count). The van der Waals surface area contributed by atoms with Crippen LogP contribution >= 0.6 is 0 Å². The minimum Gasteiger partial charge on any atom is -0.268 e. The predicted molar refractivity (Wildman–Crippen MR) is 115 cm³/mol. The van der Waals surface area contributed by atoms with Crippen molar-refractivity contribution in [3.63, 3.8) is 0 Å². The molecule has 0 aromatic heterocycles. The first-order valence-corrected chi connectivity index (χ1v) is 10.4. The van der Waals surface area contributed by atoms with Crippen LogP contribution in [0, 0.1) is 17.7 Å². The number of nitrogens with zero attached hydrogens (tertiary/aromatic N) is 1. The third kappa shape index (κ3) is 4.48. The molecule has 0 aliphatic carbocycles. The van der Waals surface area contributed by atoms with Gasteiger partial charge in [0.05, 0.1) is 16.1 Å². The molecule has 3 aromatic rings. The quantitative estimate of drug-likeness (QED) is 0.461. The van der Waals surface area contributed by atoms with Crippen molar-refractivity contribution in [3.05, 3.63) is 108 Å². The zero-order chi connectivity index (χ0) is 21.7. The van der Waals surface area contributed by atoms with Crippen LogP contribution in [0.25, 0.3) is 0 Å². The van der Waals surface area contributed by atoms with E-state index in [4.69, 9.17) is 0 Å². The lowest BCUT2D eigenvalue weighted by molar-refractivity contribution is -0.114. The average Bonchev–Trinajstić information content (AvgIpc) is 2.74. The fraction of sp³-hybridized carbons (Fsp3) is 0.0417. The summed E-state index contributed by atoms with van der Waals surface area (Å²) in [4.78, 5) is 12.8. The summed E-state index contributed by atoms with van der Waals surface area (Å²) in [6, 6.07) is 19.9. The standard InChI is InChI=1S/C24H18FNO3S/c1-18(2)24(27)26(30(28,29)22-11-7-4-8-12-22)23-16-15-21(25)17-20(23)14-13-19-9-5-3-6-10-19/h3-12,15-17H,1H2,2H3. The molecule has 0 aliphatic heterocycles. The maximum absolute atomic E-state index is 14.0. The monoisotopic (exact) mass is 419 g/mol. The van der Waals surface area contributed by atoms with Crippen LogP contribution in [-0.2, 0) is 14.8 Å². The van der Waals surface area contributed by atoms with Gasteiger partial charge in [-0.15, -0.1) is 0 Å². The van der Waals surface area contributed by atoms with Gasteiger partial charge < -0.3 is 0 Å². The van der Waals surface area contributed by atoms with E-state index in [2.05, 4.69) is 18.4 Å². The van der Waals surface area contributed by atoms with Gasteiger partial charge in [-0.1, -0.05) is 54.8 Å². The lowest BCUT2D eigenvalue weighted by Gasteiger charge is -2.24. The fourth-order valence-corrected chi connectivity index (χ4v) is 4.17. The normalized spacial score (nSPS) is 10.6. The summed E-state index contributed by atoms with van der Waals surface area (Å²) in [6.07, 6.45) is 0. The van der Waals surface area contributed by atoms with Gasteiger partial charge in [0.25, 0.3) is 15.9 Å². The second-order valence-corrected chi connectivity index (χ2v) is 8.23. The molecule has 0 bridgehead atoms. The van der Waals surface area contributed by atoms with E-state index >= 15 is 0 Å². The van der Waals surface area contributed by atoms with Gasteiger partial charge in [-0.25, -0.2) is 12.8 Å². The van der Waals surface area contributed by atoms with Gasteiger partial charge >= 0.3 is 0 Å². The van der Waals surface area contributed by atoms with Crippen molar-refractivity contribution in [2.45, 2.75) is 11.8 Å². The summed E-state index contributed by atoms with van der Waals surface area (Å²) in [5.74, 6) is 4.23. The largest absolute Gasteiger partial charge is 0.271 e. The van der Waals surface area contributed by atoms with Crippen molar-refractivity contribution in [1.82, 2.24) is 0 Å². The Labute approximate surface area is 175 Å². The molecular weight excluding hydrogens is 401 g/mol. The Kier molecular flexibility index (Phi) is 6.14. The Balaban J connectivity index is 2.22. The van der Waals surface area contributed by atoms with Crippen LogP contribution in [0.2, 0.25) is 0 Å². The lowest BCUT2D eigenvalue weighted by Crippen LogP contribution is -2.38. The van der Waals surface area contributed by atoms with Crippen molar-refractivity contribution in [2.24, 2.45) is 0 Å². The van der Waals surface area contributed by atoms with Crippen LogP contribution in [0.15, 0.2) is 95.9 Å². The van der Waals surface area contributed by atoms with Crippen LogP contribution in [0.1, 0.15) is 18.1 Å². The Morgan fingerprint density at radius 2 is 1.53 bits per heavy atom. The van der Waals surface area contributed by atoms with Gasteiger partial charge in [0.2, 0.25) is 0 Å². The summed E-state index contributed by atoms with van der Waals surface area (Å²) in [5.41, 5.74) is 0.696. The second-order valence-electron chi connectivity index (χ2n) is 6.45. The summed E-state index contributed by atoms with van der Waals surface area (Å²) in [7, 11) is -4.28. The van der Waals surface area contributed by atoms with Gasteiger partial charge in [-0.2, -0.15) is 4.31 Å². The molecule has 3 aromatic carbocycles. The molecule has 0 unspecified atom stereocenters. The molecule has 0 spiro atoms. The van der Waals surface area contributed by atoms with E-state index in [-0.39, 0.29) is 21.7 Å². The van der Waals surface area contributed by atoms with Crippen molar-refractivity contribution in [1.29, 1.82) is 0 Å². The minimum absolute atomic E-state index is 0.0146. The molecule has 0 N–H and O–H groups in total. The number of rotatable bonds is 4. The van der Waals surface area contributed by atoms with E-state index in [0.717, 1.165) is 12.1 Å². The maximum Gasteiger partial charge on any atom is 0.271 e. The maximum atomic E-state index is 14.0. The highest BCUT2D eigenvalue weighted by Crippen LogP contribution is 2.29. The van der Waals surface area contributed by atoms with Crippen molar-refractivity contribution >= 4 is 21.6 Å². The second kappa shape index (κ2) is 8.76. The molecule has 6 heteroatoms. The van der Waals surface area contributed by atoms with Crippen molar-refractivity contribution < 1.29 is 17.6 Å². The molecular formula is C24H18FNO3S. The van der Waals surface area contributed by atoms with Gasteiger partial charge in [0.1, 0.15) is 5.82 Å². The number of carbonyl (C=O) groups excluding carboxylic acids is 1. The Hall–Kier alpha value is -3.69. The highest BCUT2D eigenvalue weighted by atomic mass is 32.2. The summed E-state index contributed by atoms with van der Waals surface area (Å²) >= 11 is 0. The van der Waals surface area contributed by atoms with E-state index in [1.165, 1.54) is 25.1 Å². The molecule has 0 aliphatic rings. The Morgan fingerprint density at radius 1 is 0.933 bits per heavy atom. The number of amides is 1. The third-order valence-electron chi connectivity index (χ3n) is 4.12. The molecule has 0 saturated carbocycles. The van der Waals surface area contributed by atoms with Crippen LogP contribution < -0.4 is 4.31 Å². The smallest absolute Gasteiger partial charge is 0.268 e. The molecule has 4 nitrogen and oxygen atoms in total. The summed E-state index contributed by atoms with van der Waals surface area (Å²) < 4.78 is 41.2. The number of anilines is 1. The highest BCUT2D eigenvalue weighted by Gasteiger charge is 2.32. The number of halogens is 1. The topological polar surface area (TPSA) is 54.5 Å². The summed E-state index contributed by atoms with van der Waals surface area (Å²) in [6.45, 7) is 5.00. The molecule has 0 heterocycles. The van der Waals surface area contributed by atoms with Crippen LogP contribution in [0.4, 0.5) is 10.1 Å². The van der Waals surface area contributed by atoms with Gasteiger partial charge in [-0.3, -0.25) is 4.79 Å². The molecule has 0 fully saturated rings. The van der Waals surface area contributed by atoms with Crippen molar-refractivity contribution in [3.8, 4) is 11.8 Å². The number of carbonyl (C=O) groups is 1. The highest BCUT2D eigenvalue weighted by molar-refractivity contribution is 7.93. The number of sulfonamides is 1. The Bertz CT molecular complexity index is 1260. The van der Waals surface area contributed by atoms with E-state index in [1.807, 2.05) is 6.07 Å². The van der Waals surface area contributed by atoms with Crippen LogP contribution in [-0.4, -0.2) is 14.3 Å². The molecule has 30 heavy (non-hydrogen) atoms. The van der Waals surface area contributed by atoms with Crippen molar-refractivity contribution in [2.75, 3.05) is 4.31 Å². The average molecular weight is 419 g/mol. The molecule has 0 atom stereocenters. The first-order chi connectivity index (χ1) is 14.3. The number of hydrogen-bond donors (Lipinski definition) is 0. The van der Waals surface area contributed by atoms with Gasteiger partial charge in [0.15, 0.2) is 0 Å². The minimum atomic E-state index is -4.28. The van der Waals surface area contributed by atoms with E-state index in [9.17, 15) is 17.6 Å². The number of benzene rings is 3. The number of hydrogen-bond acceptors (Lipinski definition) is 3. The first-order valence-electron chi connectivity index (χ1n) is 8.97. The molecule has 150 valence electrons. The lowest BCUT2D eigenvalue weighted by atomic mass is 10.1.